The lowest BCUT2D eigenvalue weighted by Gasteiger charge is -2.09. The second-order valence-corrected chi connectivity index (χ2v) is 4.79. The SMILES string of the molecule is COc1ccccc1NCn1nc(-c2ccncc2)oc1=S. The zero-order chi connectivity index (χ0) is 15.4. The van der Waals surface area contributed by atoms with Gasteiger partial charge in [0.15, 0.2) is 0 Å². The van der Waals surface area contributed by atoms with Crippen molar-refractivity contribution in [1.29, 1.82) is 0 Å². The number of ether oxygens (including phenoxy) is 1. The lowest BCUT2D eigenvalue weighted by atomic mass is 10.3. The van der Waals surface area contributed by atoms with Gasteiger partial charge in [-0.2, -0.15) is 0 Å². The molecule has 0 saturated carbocycles. The van der Waals surface area contributed by atoms with Gasteiger partial charge in [0.2, 0.25) is 5.89 Å². The van der Waals surface area contributed by atoms with Gasteiger partial charge in [-0.05, 0) is 36.5 Å². The first-order valence-corrected chi connectivity index (χ1v) is 7.04. The summed E-state index contributed by atoms with van der Waals surface area (Å²) in [5.41, 5.74) is 1.69. The molecule has 0 aliphatic heterocycles. The van der Waals surface area contributed by atoms with Crippen LogP contribution in [0, 0.1) is 4.84 Å². The maximum absolute atomic E-state index is 5.51. The molecule has 7 heteroatoms. The number of nitrogens with zero attached hydrogens (tertiary/aromatic N) is 3. The highest BCUT2D eigenvalue weighted by Crippen LogP contribution is 2.23. The largest absolute Gasteiger partial charge is 0.495 e. The minimum absolute atomic E-state index is 0.300. The Morgan fingerprint density at radius 1 is 1.23 bits per heavy atom. The number of rotatable bonds is 5. The van der Waals surface area contributed by atoms with Crippen LogP contribution in [-0.2, 0) is 6.67 Å². The van der Waals surface area contributed by atoms with Gasteiger partial charge in [-0.1, -0.05) is 12.1 Å². The summed E-state index contributed by atoms with van der Waals surface area (Å²) >= 11 is 5.20. The van der Waals surface area contributed by atoms with Crippen molar-refractivity contribution in [3.05, 3.63) is 53.6 Å². The van der Waals surface area contributed by atoms with Gasteiger partial charge in [0.1, 0.15) is 12.4 Å². The normalized spacial score (nSPS) is 10.4. The second kappa shape index (κ2) is 6.40. The molecule has 3 aromatic rings. The van der Waals surface area contributed by atoms with E-state index in [0.717, 1.165) is 17.0 Å². The summed E-state index contributed by atoms with van der Waals surface area (Å²) in [5.74, 6) is 1.22. The van der Waals surface area contributed by atoms with Crippen molar-refractivity contribution in [3.8, 4) is 17.2 Å². The van der Waals surface area contributed by atoms with Crippen molar-refractivity contribution in [2.75, 3.05) is 12.4 Å². The topological polar surface area (TPSA) is 65.1 Å². The average Bonchev–Trinajstić information content (AvgIpc) is 2.95. The third-order valence-electron chi connectivity index (χ3n) is 3.06. The van der Waals surface area contributed by atoms with Crippen LogP contribution < -0.4 is 10.1 Å². The lowest BCUT2D eigenvalue weighted by Crippen LogP contribution is -2.10. The Labute approximate surface area is 132 Å². The summed E-state index contributed by atoms with van der Waals surface area (Å²) in [6, 6.07) is 11.3. The van der Waals surface area contributed by atoms with Crippen molar-refractivity contribution < 1.29 is 9.15 Å². The molecule has 0 aliphatic rings. The molecule has 22 heavy (non-hydrogen) atoms. The number of aromatic nitrogens is 3. The molecule has 0 spiro atoms. The number of hydrogen-bond acceptors (Lipinski definition) is 6. The van der Waals surface area contributed by atoms with E-state index in [1.807, 2.05) is 36.4 Å². The number of pyridine rings is 1. The van der Waals surface area contributed by atoms with Crippen LogP contribution in [0.2, 0.25) is 0 Å². The predicted molar refractivity (Wildman–Crippen MR) is 85.2 cm³/mol. The molecule has 3 rings (SSSR count). The van der Waals surface area contributed by atoms with Crippen LogP contribution in [0.25, 0.3) is 11.5 Å². The van der Waals surface area contributed by atoms with E-state index < -0.39 is 0 Å². The molecule has 1 aromatic carbocycles. The van der Waals surface area contributed by atoms with Crippen molar-refractivity contribution in [2.24, 2.45) is 0 Å². The van der Waals surface area contributed by atoms with Gasteiger partial charge in [-0.3, -0.25) is 4.98 Å². The van der Waals surface area contributed by atoms with Crippen LogP contribution in [0.15, 0.2) is 53.2 Å². The Hall–Kier alpha value is -2.67. The minimum Gasteiger partial charge on any atom is -0.495 e. The van der Waals surface area contributed by atoms with Crippen LogP contribution in [0.3, 0.4) is 0 Å². The van der Waals surface area contributed by atoms with Crippen molar-refractivity contribution in [1.82, 2.24) is 14.8 Å². The van der Waals surface area contributed by atoms with Gasteiger partial charge < -0.3 is 14.5 Å². The third-order valence-corrected chi connectivity index (χ3v) is 3.35. The van der Waals surface area contributed by atoms with E-state index in [4.69, 9.17) is 21.4 Å². The van der Waals surface area contributed by atoms with E-state index in [2.05, 4.69) is 15.4 Å². The molecule has 0 bridgehead atoms. The Bertz CT molecular complexity index is 814. The number of nitrogens with one attached hydrogen (secondary N) is 1. The van der Waals surface area contributed by atoms with Gasteiger partial charge >= 0.3 is 0 Å². The van der Waals surface area contributed by atoms with Gasteiger partial charge in [-0.15, -0.1) is 5.10 Å². The van der Waals surface area contributed by atoms with Gasteiger partial charge in [0.25, 0.3) is 4.84 Å². The summed E-state index contributed by atoms with van der Waals surface area (Å²) in [6.07, 6.45) is 3.36. The summed E-state index contributed by atoms with van der Waals surface area (Å²) in [7, 11) is 1.63. The van der Waals surface area contributed by atoms with Crippen LogP contribution in [0.5, 0.6) is 5.75 Å². The van der Waals surface area contributed by atoms with E-state index >= 15 is 0 Å². The molecule has 2 heterocycles. The molecule has 112 valence electrons. The summed E-state index contributed by atoms with van der Waals surface area (Å²) in [4.78, 5) is 4.27. The standard InChI is InChI=1S/C15H14N4O2S/c1-20-13-5-3-2-4-12(13)17-10-19-15(22)21-14(18-19)11-6-8-16-9-7-11/h2-9,17H,10H2,1H3. The molecule has 0 saturated heterocycles. The smallest absolute Gasteiger partial charge is 0.289 e. The van der Waals surface area contributed by atoms with Gasteiger partial charge in [0, 0.05) is 18.0 Å². The molecular formula is C15H14N4O2S. The highest BCUT2D eigenvalue weighted by molar-refractivity contribution is 7.71. The van der Waals surface area contributed by atoms with E-state index in [1.54, 1.807) is 24.2 Å². The van der Waals surface area contributed by atoms with Crippen LogP contribution >= 0.6 is 12.2 Å². The molecule has 0 amide bonds. The molecule has 0 fully saturated rings. The quantitative estimate of drug-likeness (QED) is 0.729. The van der Waals surface area contributed by atoms with Crippen molar-refractivity contribution in [2.45, 2.75) is 6.67 Å². The van der Waals surface area contributed by atoms with Crippen LogP contribution in [0.4, 0.5) is 5.69 Å². The molecular weight excluding hydrogens is 300 g/mol. The van der Waals surface area contributed by atoms with Crippen molar-refractivity contribution >= 4 is 17.9 Å². The maximum atomic E-state index is 5.51. The first kappa shape index (κ1) is 14.3. The maximum Gasteiger partial charge on any atom is 0.289 e. The fourth-order valence-corrected chi connectivity index (χ4v) is 2.15. The zero-order valence-electron chi connectivity index (χ0n) is 11.9. The molecule has 0 atom stereocenters. The van der Waals surface area contributed by atoms with E-state index in [-0.39, 0.29) is 0 Å². The first-order valence-electron chi connectivity index (χ1n) is 6.63. The first-order chi connectivity index (χ1) is 10.8. The molecule has 0 unspecified atom stereocenters. The summed E-state index contributed by atoms with van der Waals surface area (Å²) < 4.78 is 12.4. The fraction of sp³-hybridized carbons (Fsp3) is 0.133. The Balaban J connectivity index is 1.79. The highest BCUT2D eigenvalue weighted by atomic mass is 32.1. The number of hydrogen-bond donors (Lipinski definition) is 1. The number of anilines is 1. The molecule has 0 aliphatic carbocycles. The molecule has 1 N–H and O–H groups in total. The molecule has 6 nitrogen and oxygen atoms in total. The van der Waals surface area contributed by atoms with Crippen molar-refractivity contribution in [3.63, 3.8) is 0 Å². The number of benzene rings is 1. The third kappa shape index (κ3) is 2.99. The summed E-state index contributed by atoms with van der Waals surface area (Å²) in [6.45, 7) is 0.383. The highest BCUT2D eigenvalue weighted by Gasteiger charge is 2.08. The Kier molecular flexibility index (Phi) is 4.15. The zero-order valence-corrected chi connectivity index (χ0v) is 12.7. The molecule has 0 radical (unpaired) electrons. The minimum atomic E-state index is 0.300. The fourth-order valence-electron chi connectivity index (χ4n) is 1.97. The summed E-state index contributed by atoms with van der Waals surface area (Å²) in [5, 5.41) is 7.59. The Morgan fingerprint density at radius 2 is 2.00 bits per heavy atom. The average molecular weight is 314 g/mol. The molecule has 2 aromatic heterocycles. The van der Waals surface area contributed by atoms with Gasteiger partial charge in [0.05, 0.1) is 12.8 Å². The van der Waals surface area contributed by atoms with Crippen LogP contribution in [0.1, 0.15) is 0 Å². The van der Waals surface area contributed by atoms with E-state index in [1.165, 1.54) is 0 Å². The monoisotopic (exact) mass is 314 g/mol. The second-order valence-electron chi connectivity index (χ2n) is 4.44. The Morgan fingerprint density at radius 3 is 2.77 bits per heavy atom. The number of methoxy groups -OCH3 is 1. The van der Waals surface area contributed by atoms with E-state index in [0.29, 0.717) is 17.4 Å². The number of para-hydroxylation sites is 2. The lowest BCUT2D eigenvalue weighted by molar-refractivity contribution is 0.415. The predicted octanol–water partition coefficient (Wildman–Crippen LogP) is 3.35. The van der Waals surface area contributed by atoms with Gasteiger partial charge in [-0.25, -0.2) is 4.68 Å². The van der Waals surface area contributed by atoms with E-state index in [9.17, 15) is 0 Å². The van der Waals surface area contributed by atoms with Crippen LogP contribution in [-0.4, -0.2) is 21.9 Å².